The van der Waals surface area contributed by atoms with Gasteiger partial charge in [-0.1, -0.05) is 41.5 Å². The molecule has 0 aromatic heterocycles. The monoisotopic (exact) mass is 308 g/mol. The van der Waals surface area contributed by atoms with Gasteiger partial charge in [0.1, 0.15) is 0 Å². The third-order valence-corrected chi connectivity index (χ3v) is 0. The minimum absolute atomic E-state index is 0. The van der Waals surface area contributed by atoms with Crippen LogP contribution < -0.4 is 15.3 Å². The average Bonchev–Trinajstić information content (AvgIpc) is 1.86. The summed E-state index contributed by atoms with van der Waals surface area (Å²) in [6.45, 7) is 9.67. The molecule has 0 aliphatic rings. The van der Waals surface area contributed by atoms with E-state index in [9.17, 15) is 15.3 Å². The Labute approximate surface area is 125 Å². The minimum atomic E-state index is -0.417. The summed E-state index contributed by atoms with van der Waals surface area (Å²) in [5, 5.41) is 28.6. The molecule has 0 aromatic rings. The normalized spacial score (nSPS) is 7.67. The van der Waals surface area contributed by atoms with Crippen molar-refractivity contribution in [2.75, 3.05) is 0 Å². The van der Waals surface area contributed by atoms with Crippen LogP contribution in [0.2, 0.25) is 0 Å². The number of hydrogen-bond donors (Lipinski definition) is 0. The second kappa shape index (κ2) is 29.6. The molecule has 0 atom stereocenters. The van der Waals surface area contributed by atoms with Gasteiger partial charge in [-0.25, -0.2) is 0 Å². The van der Waals surface area contributed by atoms with Crippen LogP contribution in [-0.4, -0.2) is 18.3 Å². The first-order valence-electron chi connectivity index (χ1n) is 4.36. The van der Waals surface area contributed by atoms with Crippen LogP contribution in [0.1, 0.15) is 41.5 Å². The Morgan fingerprint density at radius 3 is 0.667 bits per heavy atom. The Morgan fingerprint density at radius 1 is 0.667 bits per heavy atom. The quantitative estimate of drug-likeness (QED) is 0.589. The molecule has 0 aromatic carbocycles. The van der Waals surface area contributed by atoms with Crippen molar-refractivity contribution in [2.45, 2.75) is 59.9 Å². The summed E-state index contributed by atoms with van der Waals surface area (Å²) in [7, 11) is 4.64. The Morgan fingerprint density at radius 2 is 0.667 bits per heavy atom. The van der Waals surface area contributed by atoms with E-state index in [2.05, 4.69) is 9.30 Å². The predicted octanol–water partition coefficient (Wildman–Crippen LogP) is -0.0502. The van der Waals surface area contributed by atoms with E-state index in [0.717, 1.165) is 0 Å². The smallest absolute Gasteiger partial charge is 4.00 e. The molecule has 86 valence electrons. The van der Waals surface area contributed by atoms with Crippen LogP contribution in [0.3, 0.4) is 0 Å². The van der Waals surface area contributed by atoms with Crippen molar-refractivity contribution in [3.05, 3.63) is 0 Å². The zero-order valence-electron chi connectivity index (χ0n) is 10.3. The Hall–Kier alpha value is 1.60. The molecule has 0 heterocycles. The van der Waals surface area contributed by atoms with Gasteiger partial charge < -0.3 is 15.3 Å². The third-order valence-electron chi connectivity index (χ3n) is 0. The molecule has 0 unspecified atom stereocenters. The zero-order chi connectivity index (χ0) is 12.7. The number of rotatable bonds is 0. The Kier molecular flexibility index (Phi) is 59.2. The maximum atomic E-state index is 9.53. The first kappa shape index (κ1) is 30.0. The van der Waals surface area contributed by atoms with Crippen molar-refractivity contribution in [2.24, 2.45) is 0 Å². The van der Waals surface area contributed by atoms with Gasteiger partial charge in [-0.2, -0.15) is 0 Å². The second-order valence-corrected chi connectivity index (χ2v) is 3.15. The Bertz CT molecular complexity index is 51.8. The predicted molar refractivity (Wildman–Crippen MR) is 51.3 cm³/mol. The maximum Gasteiger partial charge on any atom is 4.00 e. The summed E-state index contributed by atoms with van der Waals surface area (Å²) in [6.07, 6.45) is -1.25. The molecule has 0 rings (SSSR count). The largest absolute Gasteiger partial charge is 4.00 e. The van der Waals surface area contributed by atoms with Crippen LogP contribution in [0, 0.1) is 0 Å². The van der Waals surface area contributed by atoms with Gasteiger partial charge in [0.15, 0.2) is 0 Å². The first-order chi connectivity index (χ1) is 6.20. The van der Waals surface area contributed by atoms with Crippen molar-refractivity contribution in [1.82, 2.24) is 0 Å². The fraction of sp³-hybridized carbons (Fsp3) is 1.00. The van der Waals surface area contributed by atoms with Crippen molar-refractivity contribution < 1.29 is 56.4 Å². The fourth-order valence-electron chi connectivity index (χ4n) is 0. The average molecular weight is 308 g/mol. The van der Waals surface area contributed by atoms with Gasteiger partial charge in [0.2, 0.25) is 0 Å². The molecule has 0 radical (unpaired) electrons. The van der Waals surface area contributed by atoms with Crippen molar-refractivity contribution in [3.8, 4) is 0 Å². The molecule has 0 saturated heterocycles. The molecule has 0 bridgehead atoms. The molecule has 0 fully saturated rings. The van der Waals surface area contributed by atoms with Gasteiger partial charge in [0.25, 0.3) is 0 Å². The summed E-state index contributed by atoms with van der Waals surface area (Å²) in [5.74, 6) is 0. The van der Waals surface area contributed by atoms with Gasteiger partial charge in [-0.05, 0) is 0 Å². The first-order valence-corrected chi connectivity index (χ1v) is 6.51. The SMILES string of the molecule is CC(C)[O-].CC(C)[O-].CC(C)[O-].[Cl][Ti+3].[Ti+4]. The van der Waals surface area contributed by atoms with Crippen LogP contribution >= 0.6 is 9.30 Å². The van der Waals surface area contributed by atoms with Crippen molar-refractivity contribution >= 4 is 9.30 Å². The molecular weight excluding hydrogens is 287 g/mol. The Balaban J connectivity index is -0.0000000298. The second-order valence-electron chi connectivity index (χ2n) is 3.15. The summed E-state index contributed by atoms with van der Waals surface area (Å²) < 4.78 is 0. The van der Waals surface area contributed by atoms with E-state index in [1.165, 1.54) is 19.4 Å². The molecule has 0 saturated carbocycles. The number of hydrogen-bond acceptors (Lipinski definition) is 3. The molecule has 15 heavy (non-hydrogen) atoms. The van der Waals surface area contributed by atoms with Gasteiger partial charge in [0, 0.05) is 0 Å². The topological polar surface area (TPSA) is 69.2 Å². The summed E-state index contributed by atoms with van der Waals surface area (Å²) in [5.41, 5.74) is 0. The standard InChI is InChI=1S/3C3H7O.ClH.2Ti/c3*1-3(2)4;;;/h3*3H,1-2H3;1H;;/q3*-1;;2*+4/p-1. The van der Waals surface area contributed by atoms with E-state index in [1.54, 1.807) is 41.5 Å². The molecule has 3 nitrogen and oxygen atoms in total. The van der Waals surface area contributed by atoms with E-state index in [1.807, 2.05) is 0 Å². The van der Waals surface area contributed by atoms with Crippen molar-refractivity contribution in [3.63, 3.8) is 0 Å². The van der Waals surface area contributed by atoms with Crippen LogP contribution in [0.25, 0.3) is 0 Å². The van der Waals surface area contributed by atoms with E-state index < -0.39 is 18.3 Å². The van der Waals surface area contributed by atoms with Gasteiger partial charge in [0.05, 0.1) is 0 Å². The van der Waals surface area contributed by atoms with Crippen LogP contribution in [0.4, 0.5) is 0 Å². The third kappa shape index (κ3) is 1130. The van der Waals surface area contributed by atoms with Crippen molar-refractivity contribution in [1.29, 1.82) is 0 Å². The fourth-order valence-corrected chi connectivity index (χ4v) is 0. The summed E-state index contributed by atoms with van der Waals surface area (Å²) in [6, 6.07) is 0. The molecule has 6 heteroatoms. The molecule has 0 spiro atoms. The molecule has 0 amide bonds. The molecule has 0 aliphatic heterocycles. The van der Waals surface area contributed by atoms with Gasteiger partial charge >= 0.3 is 50.4 Å². The summed E-state index contributed by atoms with van der Waals surface area (Å²) in [4.78, 5) is 0. The van der Waals surface area contributed by atoms with Crippen LogP contribution in [0.5, 0.6) is 0 Å². The zero-order valence-corrected chi connectivity index (χ0v) is 14.2. The van der Waals surface area contributed by atoms with Crippen LogP contribution in [0.15, 0.2) is 0 Å². The number of halogens is 1. The van der Waals surface area contributed by atoms with E-state index in [0.29, 0.717) is 0 Å². The van der Waals surface area contributed by atoms with E-state index in [-0.39, 0.29) is 21.7 Å². The van der Waals surface area contributed by atoms with Crippen LogP contribution in [-0.2, 0) is 41.1 Å². The molecule has 0 N–H and O–H groups in total. The summed E-state index contributed by atoms with van der Waals surface area (Å²) >= 11 is 1.47. The molecule has 0 aliphatic carbocycles. The van der Waals surface area contributed by atoms with Gasteiger partial charge in [-0.15, -0.1) is 18.3 Å². The van der Waals surface area contributed by atoms with E-state index in [4.69, 9.17) is 0 Å². The van der Waals surface area contributed by atoms with E-state index >= 15 is 0 Å². The maximum absolute atomic E-state index is 9.53. The molecular formula is C9H21ClO3Ti2+4. The minimum Gasteiger partial charge on any atom is 4.00 e. The van der Waals surface area contributed by atoms with Gasteiger partial charge in [-0.3, -0.25) is 0 Å².